The Morgan fingerprint density at radius 1 is 1.45 bits per heavy atom. The van der Waals surface area contributed by atoms with Crippen molar-refractivity contribution in [2.24, 2.45) is 11.1 Å². The maximum Gasteiger partial charge on any atom is 0.255 e. The van der Waals surface area contributed by atoms with E-state index in [2.05, 4.69) is 26.1 Å². The highest BCUT2D eigenvalue weighted by molar-refractivity contribution is 5.97. The van der Waals surface area contributed by atoms with Gasteiger partial charge in [-0.15, -0.1) is 0 Å². The molecule has 20 heavy (non-hydrogen) atoms. The molecule has 0 saturated carbocycles. The Hall–Kier alpha value is -1.75. The van der Waals surface area contributed by atoms with Crippen LogP contribution in [0, 0.1) is 5.41 Å². The summed E-state index contributed by atoms with van der Waals surface area (Å²) in [4.78, 5) is 12.0. The van der Waals surface area contributed by atoms with Crippen LogP contribution in [0.5, 0.6) is 11.5 Å². The first kappa shape index (κ1) is 16.3. The number of methoxy groups -OCH3 is 1. The fraction of sp³-hybridized carbons (Fsp3) is 0.533. The van der Waals surface area contributed by atoms with Gasteiger partial charge >= 0.3 is 0 Å². The van der Waals surface area contributed by atoms with E-state index < -0.39 is 0 Å². The van der Waals surface area contributed by atoms with E-state index in [0.29, 0.717) is 6.54 Å². The maximum absolute atomic E-state index is 12.0. The van der Waals surface area contributed by atoms with Crippen molar-refractivity contribution in [3.8, 4) is 11.5 Å². The highest BCUT2D eigenvalue weighted by atomic mass is 16.5. The molecule has 0 fully saturated rings. The second-order valence-corrected chi connectivity index (χ2v) is 6.09. The summed E-state index contributed by atoms with van der Waals surface area (Å²) >= 11 is 0. The van der Waals surface area contributed by atoms with Crippen LogP contribution in [0.2, 0.25) is 0 Å². The number of ether oxygens (including phenoxy) is 1. The van der Waals surface area contributed by atoms with Crippen LogP contribution >= 0.6 is 0 Å². The number of phenols is 1. The molecule has 112 valence electrons. The average molecular weight is 280 g/mol. The molecular formula is C15H24N2O3. The summed E-state index contributed by atoms with van der Waals surface area (Å²) in [6, 6.07) is 4.68. The Morgan fingerprint density at radius 3 is 2.65 bits per heavy atom. The third-order valence-corrected chi connectivity index (χ3v) is 2.86. The summed E-state index contributed by atoms with van der Waals surface area (Å²) in [5, 5.41) is 12.6. The molecule has 0 heterocycles. The van der Waals surface area contributed by atoms with Gasteiger partial charge in [-0.05, 0) is 24.0 Å². The molecule has 1 amide bonds. The number of para-hydroxylation sites is 1. The van der Waals surface area contributed by atoms with E-state index in [0.717, 1.165) is 6.42 Å². The molecule has 0 aliphatic carbocycles. The third kappa shape index (κ3) is 4.74. The Kier molecular flexibility index (Phi) is 5.39. The summed E-state index contributed by atoms with van der Waals surface area (Å²) < 4.78 is 4.97. The topological polar surface area (TPSA) is 84.6 Å². The number of benzene rings is 1. The highest BCUT2D eigenvalue weighted by Crippen LogP contribution is 2.29. The number of carbonyl (C=O) groups is 1. The first-order chi connectivity index (χ1) is 9.24. The minimum Gasteiger partial charge on any atom is -0.504 e. The van der Waals surface area contributed by atoms with Gasteiger partial charge in [-0.1, -0.05) is 26.8 Å². The van der Waals surface area contributed by atoms with Gasteiger partial charge in [0.15, 0.2) is 11.5 Å². The first-order valence-electron chi connectivity index (χ1n) is 6.64. The molecule has 0 saturated heterocycles. The molecule has 0 aliphatic heterocycles. The van der Waals surface area contributed by atoms with Gasteiger partial charge in [0.05, 0.1) is 12.7 Å². The standard InChI is InChI=1S/C15H24N2O3/c1-15(2,3)8-10(16)9-17-14(19)11-6-5-7-12(20-4)13(11)18/h5-7,10,18H,8-9,16H2,1-4H3,(H,17,19). The molecule has 1 aromatic rings. The minimum atomic E-state index is -0.356. The number of aromatic hydroxyl groups is 1. The van der Waals surface area contributed by atoms with E-state index in [1.54, 1.807) is 18.2 Å². The number of nitrogens with two attached hydrogens (primary N) is 1. The Balaban J connectivity index is 2.64. The van der Waals surface area contributed by atoms with Crippen LogP contribution in [0.1, 0.15) is 37.6 Å². The van der Waals surface area contributed by atoms with Gasteiger partial charge in [0, 0.05) is 12.6 Å². The summed E-state index contributed by atoms with van der Waals surface area (Å²) in [5.74, 6) is -0.237. The van der Waals surface area contributed by atoms with Gasteiger partial charge in [0.1, 0.15) is 0 Å². The van der Waals surface area contributed by atoms with Gasteiger partial charge < -0.3 is 20.9 Å². The molecular weight excluding hydrogens is 256 g/mol. The monoisotopic (exact) mass is 280 g/mol. The first-order valence-corrected chi connectivity index (χ1v) is 6.64. The van der Waals surface area contributed by atoms with Gasteiger partial charge in [-0.3, -0.25) is 4.79 Å². The second-order valence-electron chi connectivity index (χ2n) is 6.09. The molecule has 1 rings (SSSR count). The van der Waals surface area contributed by atoms with Crippen molar-refractivity contribution in [3.05, 3.63) is 23.8 Å². The van der Waals surface area contributed by atoms with Crippen LogP contribution in [0.3, 0.4) is 0 Å². The van der Waals surface area contributed by atoms with E-state index in [1.165, 1.54) is 7.11 Å². The summed E-state index contributed by atoms with van der Waals surface area (Å²) in [6.45, 7) is 6.67. The molecule has 0 aromatic heterocycles. The number of nitrogens with one attached hydrogen (secondary N) is 1. The van der Waals surface area contributed by atoms with Crippen molar-refractivity contribution in [3.63, 3.8) is 0 Å². The lowest BCUT2D eigenvalue weighted by atomic mass is 9.88. The van der Waals surface area contributed by atoms with E-state index in [1.807, 2.05) is 0 Å². The molecule has 5 heteroatoms. The highest BCUT2D eigenvalue weighted by Gasteiger charge is 2.18. The Labute approximate surface area is 120 Å². The van der Waals surface area contributed by atoms with E-state index in [-0.39, 0.29) is 34.4 Å². The molecule has 0 spiro atoms. The van der Waals surface area contributed by atoms with Crippen molar-refractivity contribution in [2.75, 3.05) is 13.7 Å². The predicted molar refractivity (Wildman–Crippen MR) is 79.0 cm³/mol. The number of amides is 1. The minimum absolute atomic E-state index is 0.113. The molecule has 4 N–H and O–H groups in total. The lowest BCUT2D eigenvalue weighted by molar-refractivity contribution is 0.0945. The largest absolute Gasteiger partial charge is 0.504 e. The number of rotatable bonds is 5. The zero-order valence-electron chi connectivity index (χ0n) is 12.6. The summed E-state index contributed by atoms with van der Waals surface area (Å²) in [7, 11) is 1.44. The number of phenolic OH excluding ortho intramolecular Hbond substituents is 1. The lowest BCUT2D eigenvalue weighted by Crippen LogP contribution is -2.39. The quantitative estimate of drug-likeness (QED) is 0.769. The smallest absolute Gasteiger partial charge is 0.255 e. The van der Waals surface area contributed by atoms with Gasteiger partial charge in [0.2, 0.25) is 0 Å². The Bertz CT molecular complexity index is 467. The number of hydrogen-bond acceptors (Lipinski definition) is 4. The fourth-order valence-electron chi connectivity index (χ4n) is 2.05. The van der Waals surface area contributed by atoms with Crippen LogP contribution in [-0.4, -0.2) is 30.7 Å². The summed E-state index contributed by atoms with van der Waals surface area (Å²) in [6.07, 6.45) is 0.803. The lowest BCUT2D eigenvalue weighted by Gasteiger charge is -2.23. The zero-order valence-corrected chi connectivity index (χ0v) is 12.6. The van der Waals surface area contributed by atoms with Crippen molar-refractivity contribution >= 4 is 5.91 Å². The fourth-order valence-corrected chi connectivity index (χ4v) is 2.05. The molecule has 1 aromatic carbocycles. The van der Waals surface area contributed by atoms with Crippen LogP contribution in [0.15, 0.2) is 18.2 Å². The molecule has 1 atom stereocenters. The molecule has 5 nitrogen and oxygen atoms in total. The third-order valence-electron chi connectivity index (χ3n) is 2.86. The van der Waals surface area contributed by atoms with Crippen LogP contribution in [-0.2, 0) is 0 Å². The van der Waals surface area contributed by atoms with Gasteiger partial charge in [-0.25, -0.2) is 0 Å². The van der Waals surface area contributed by atoms with Crippen molar-refractivity contribution in [1.82, 2.24) is 5.32 Å². The number of hydrogen-bond donors (Lipinski definition) is 3. The van der Waals surface area contributed by atoms with Crippen LogP contribution < -0.4 is 15.8 Å². The number of carbonyl (C=O) groups excluding carboxylic acids is 1. The van der Waals surface area contributed by atoms with Crippen molar-refractivity contribution in [2.45, 2.75) is 33.2 Å². The van der Waals surface area contributed by atoms with E-state index >= 15 is 0 Å². The average Bonchev–Trinajstić information content (AvgIpc) is 2.34. The van der Waals surface area contributed by atoms with E-state index in [9.17, 15) is 9.90 Å². The zero-order chi connectivity index (χ0) is 15.3. The Morgan fingerprint density at radius 2 is 2.10 bits per heavy atom. The van der Waals surface area contributed by atoms with Crippen molar-refractivity contribution < 1.29 is 14.6 Å². The second kappa shape index (κ2) is 6.61. The van der Waals surface area contributed by atoms with Crippen molar-refractivity contribution in [1.29, 1.82) is 0 Å². The van der Waals surface area contributed by atoms with Gasteiger partial charge in [0.25, 0.3) is 5.91 Å². The SMILES string of the molecule is COc1cccc(C(=O)NCC(N)CC(C)(C)C)c1O. The molecule has 0 aliphatic rings. The molecule has 0 bridgehead atoms. The van der Waals surface area contributed by atoms with Crippen LogP contribution in [0.4, 0.5) is 0 Å². The predicted octanol–water partition coefficient (Wildman–Crippen LogP) is 1.89. The maximum atomic E-state index is 12.0. The van der Waals surface area contributed by atoms with Crippen LogP contribution in [0.25, 0.3) is 0 Å². The van der Waals surface area contributed by atoms with E-state index in [4.69, 9.17) is 10.5 Å². The molecule has 1 unspecified atom stereocenters. The van der Waals surface area contributed by atoms with Gasteiger partial charge in [-0.2, -0.15) is 0 Å². The summed E-state index contributed by atoms with van der Waals surface area (Å²) in [5.41, 5.74) is 6.28. The molecule has 0 radical (unpaired) electrons. The normalized spacial score (nSPS) is 12.8.